The summed E-state index contributed by atoms with van der Waals surface area (Å²) < 4.78 is 5.05. The summed E-state index contributed by atoms with van der Waals surface area (Å²) in [6.07, 6.45) is 0. The number of nitriles is 1. The molecular weight excluding hydrogens is 220 g/mol. The van der Waals surface area contributed by atoms with Gasteiger partial charge in [0.15, 0.2) is 0 Å². The van der Waals surface area contributed by atoms with E-state index in [0.29, 0.717) is 16.0 Å². The van der Waals surface area contributed by atoms with Crippen molar-refractivity contribution in [3.63, 3.8) is 0 Å². The lowest BCUT2D eigenvalue weighted by Crippen LogP contribution is -2.30. The molecule has 0 radical (unpaired) electrons. The molecule has 0 N–H and O–H groups in total. The van der Waals surface area contributed by atoms with Crippen LogP contribution >= 0.6 is 23.4 Å². The predicted molar refractivity (Wildman–Crippen MR) is 54.4 cm³/mol. The van der Waals surface area contributed by atoms with E-state index < -0.39 is 0 Å². The van der Waals surface area contributed by atoms with Gasteiger partial charge in [0.25, 0.3) is 0 Å². The molecule has 5 heteroatoms. The summed E-state index contributed by atoms with van der Waals surface area (Å²) in [5, 5.41) is 10.3. The second-order valence-electron chi connectivity index (χ2n) is 2.91. The fourth-order valence-electron chi connectivity index (χ4n) is 1.05. The van der Waals surface area contributed by atoms with Gasteiger partial charge in [0.1, 0.15) is 5.15 Å². The van der Waals surface area contributed by atoms with Gasteiger partial charge >= 0.3 is 0 Å². The zero-order valence-corrected chi connectivity index (χ0v) is 8.81. The summed E-state index contributed by atoms with van der Waals surface area (Å²) >= 11 is 7.37. The van der Waals surface area contributed by atoms with Gasteiger partial charge in [-0.05, 0) is 12.1 Å². The van der Waals surface area contributed by atoms with Gasteiger partial charge in [0.2, 0.25) is 0 Å². The zero-order valence-electron chi connectivity index (χ0n) is 7.24. The van der Waals surface area contributed by atoms with Crippen LogP contribution in [0.2, 0.25) is 5.15 Å². The third kappa shape index (κ3) is 2.18. The van der Waals surface area contributed by atoms with E-state index >= 15 is 0 Å². The number of pyridine rings is 1. The van der Waals surface area contributed by atoms with Crippen LogP contribution in [-0.4, -0.2) is 23.4 Å². The molecule has 1 aliphatic rings. The Morgan fingerprint density at radius 2 is 2.36 bits per heavy atom. The molecular formula is C9H7ClN2OS. The van der Waals surface area contributed by atoms with E-state index in [2.05, 4.69) is 4.98 Å². The fourth-order valence-corrected chi connectivity index (χ4v) is 2.33. The maximum absolute atomic E-state index is 8.72. The molecule has 2 rings (SSSR count). The zero-order chi connectivity index (χ0) is 9.97. The Morgan fingerprint density at radius 1 is 1.57 bits per heavy atom. The van der Waals surface area contributed by atoms with E-state index in [4.69, 9.17) is 21.6 Å². The van der Waals surface area contributed by atoms with Crippen LogP contribution in [0.25, 0.3) is 0 Å². The number of hydrogen-bond donors (Lipinski definition) is 0. The van der Waals surface area contributed by atoms with Crippen molar-refractivity contribution in [1.82, 2.24) is 4.98 Å². The highest BCUT2D eigenvalue weighted by Gasteiger charge is 2.20. The lowest BCUT2D eigenvalue weighted by molar-refractivity contribution is 0.0454. The van der Waals surface area contributed by atoms with Crippen LogP contribution in [0.1, 0.15) is 5.56 Å². The Hall–Kier alpha value is -0.760. The minimum atomic E-state index is 0.367. The molecule has 2 heterocycles. The van der Waals surface area contributed by atoms with Crippen LogP contribution in [0.5, 0.6) is 0 Å². The van der Waals surface area contributed by atoms with E-state index in [-0.39, 0.29) is 0 Å². The normalized spacial score (nSPS) is 16.0. The van der Waals surface area contributed by atoms with Gasteiger partial charge in [-0.1, -0.05) is 23.4 Å². The van der Waals surface area contributed by atoms with Crippen molar-refractivity contribution in [2.24, 2.45) is 0 Å². The summed E-state index contributed by atoms with van der Waals surface area (Å²) in [5.41, 5.74) is 0.549. The van der Waals surface area contributed by atoms with Crippen molar-refractivity contribution in [1.29, 1.82) is 5.26 Å². The molecule has 0 unspecified atom stereocenters. The van der Waals surface area contributed by atoms with Crippen LogP contribution < -0.4 is 0 Å². The number of hydrogen-bond acceptors (Lipinski definition) is 4. The fraction of sp³-hybridized carbons (Fsp3) is 0.333. The highest BCUT2D eigenvalue weighted by Crippen LogP contribution is 2.28. The lowest BCUT2D eigenvalue weighted by Gasteiger charge is -2.24. The SMILES string of the molecule is N#Cc1cc(Cl)nc(SC2COC2)c1. The second-order valence-corrected chi connectivity index (χ2v) is 4.61. The van der Waals surface area contributed by atoms with Gasteiger partial charge in [0.05, 0.1) is 35.1 Å². The minimum absolute atomic E-state index is 0.367. The molecule has 72 valence electrons. The predicted octanol–water partition coefficient (Wildman–Crippen LogP) is 2.10. The first-order chi connectivity index (χ1) is 6.78. The standard InChI is InChI=1S/C9H7ClN2OS/c10-8-1-6(3-11)2-9(12-8)14-7-4-13-5-7/h1-2,7H,4-5H2. The molecule has 0 aromatic carbocycles. The Labute approximate surface area is 91.0 Å². The number of rotatable bonds is 2. The Balaban J connectivity index is 2.16. The van der Waals surface area contributed by atoms with Crippen LogP contribution in [0.15, 0.2) is 17.2 Å². The topological polar surface area (TPSA) is 45.9 Å². The first kappa shape index (κ1) is 9.78. The quantitative estimate of drug-likeness (QED) is 0.725. The summed E-state index contributed by atoms with van der Waals surface area (Å²) in [6, 6.07) is 5.35. The van der Waals surface area contributed by atoms with Gasteiger partial charge in [-0.3, -0.25) is 0 Å². The van der Waals surface area contributed by atoms with Crippen molar-refractivity contribution in [3.05, 3.63) is 22.8 Å². The third-order valence-corrected chi connectivity index (χ3v) is 3.04. The first-order valence-electron chi connectivity index (χ1n) is 4.10. The summed E-state index contributed by atoms with van der Waals surface area (Å²) in [6.45, 7) is 1.50. The molecule has 14 heavy (non-hydrogen) atoms. The van der Waals surface area contributed by atoms with Crippen LogP contribution in [0.3, 0.4) is 0 Å². The Bertz CT molecular complexity index is 387. The third-order valence-electron chi connectivity index (χ3n) is 1.79. The van der Waals surface area contributed by atoms with Crippen LogP contribution in [0.4, 0.5) is 0 Å². The van der Waals surface area contributed by atoms with Crippen molar-refractivity contribution in [3.8, 4) is 6.07 Å². The highest BCUT2D eigenvalue weighted by molar-refractivity contribution is 8.00. The molecule has 0 spiro atoms. The largest absolute Gasteiger partial charge is 0.379 e. The summed E-state index contributed by atoms with van der Waals surface area (Å²) in [4.78, 5) is 4.13. The molecule has 1 aromatic heterocycles. The molecule has 0 saturated carbocycles. The second kappa shape index (κ2) is 4.18. The molecule has 3 nitrogen and oxygen atoms in total. The molecule has 0 atom stereocenters. The Morgan fingerprint density at radius 3 is 2.93 bits per heavy atom. The number of aromatic nitrogens is 1. The monoisotopic (exact) mass is 226 g/mol. The molecule has 0 amide bonds. The first-order valence-corrected chi connectivity index (χ1v) is 5.36. The number of thioether (sulfide) groups is 1. The molecule has 0 bridgehead atoms. The van der Waals surface area contributed by atoms with Gasteiger partial charge in [-0.25, -0.2) is 4.98 Å². The summed E-state index contributed by atoms with van der Waals surface area (Å²) in [7, 11) is 0. The molecule has 1 aliphatic heterocycles. The van der Waals surface area contributed by atoms with Gasteiger partial charge < -0.3 is 4.74 Å². The number of nitrogens with zero attached hydrogens (tertiary/aromatic N) is 2. The van der Waals surface area contributed by atoms with Crippen molar-refractivity contribution in [2.75, 3.05) is 13.2 Å². The van der Waals surface area contributed by atoms with Gasteiger partial charge in [-0.15, -0.1) is 0 Å². The minimum Gasteiger partial charge on any atom is -0.379 e. The maximum atomic E-state index is 8.72. The summed E-state index contributed by atoms with van der Waals surface area (Å²) in [5.74, 6) is 0. The van der Waals surface area contributed by atoms with E-state index in [1.165, 1.54) is 0 Å². The molecule has 1 aromatic rings. The average Bonchev–Trinajstić information content (AvgIpc) is 2.10. The van der Waals surface area contributed by atoms with Crippen molar-refractivity contribution < 1.29 is 4.74 Å². The lowest BCUT2D eigenvalue weighted by atomic mass is 10.3. The van der Waals surface area contributed by atoms with Crippen molar-refractivity contribution in [2.45, 2.75) is 10.3 Å². The van der Waals surface area contributed by atoms with E-state index in [1.54, 1.807) is 23.9 Å². The average molecular weight is 227 g/mol. The van der Waals surface area contributed by atoms with Gasteiger partial charge in [-0.2, -0.15) is 5.26 Å². The van der Waals surface area contributed by atoms with Gasteiger partial charge in [0, 0.05) is 0 Å². The van der Waals surface area contributed by atoms with Crippen LogP contribution in [0, 0.1) is 11.3 Å². The van der Waals surface area contributed by atoms with Crippen LogP contribution in [-0.2, 0) is 4.74 Å². The van der Waals surface area contributed by atoms with Crippen molar-refractivity contribution >= 4 is 23.4 Å². The highest BCUT2D eigenvalue weighted by atomic mass is 35.5. The van der Waals surface area contributed by atoms with E-state index in [0.717, 1.165) is 18.2 Å². The maximum Gasteiger partial charge on any atom is 0.131 e. The molecule has 1 saturated heterocycles. The number of ether oxygens (including phenoxy) is 1. The molecule has 0 aliphatic carbocycles. The van der Waals surface area contributed by atoms with E-state index in [9.17, 15) is 0 Å². The Kier molecular flexibility index (Phi) is 2.92. The number of halogens is 1. The molecule has 1 fully saturated rings. The smallest absolute Gasteiger partial charge is 0.131 e. The van der Waals surface area contributed by atoms with E-state index in [1.807, 2.05) is 6.07 Å².